The number of nitriles is 1. The summed E-state index contributed by atoms with van der Waals surface area (Å²) in [5, 5.41) is 11.5. The van der Waals surface area contributed by atoms with Gasteiger partial charge in [0.25, 0.3) is 0 Å². The van der Waals surface area contributed by atoms with Gasteiger partial charge in [0, 0.05) is 25.9 Å². The number of rotatable bonds is 12. The van der Waals surface area contributed by atoms with Gasteiger partial charge in [-0.2, -0.15) is 5.26 Å². The molecule has 0 unspecified atom stereocenters. The van der Waals surface area contributed by atoms with Gasteiger partial charge in [-0.05, 0) is 40.6 Å². The maximum atomic E-state index is 12.2. The maximum Gasteiger partial charge on any atom is 0.348 e. The number of ether oxygens (including phenoxy) is 5. The zero-order valence-corrected chi connectivity index (χ0v) is 19.0. The Kier molecular flexibility index (Phi) is 10.1. The van der Waals surface area contributed by atoms with E-state index in [0.29, 0.717) is 26.4 Å². The van der Waals surface area contributed by atoms with E-state index >= 15 is 0 Å². The quantitative estimate of drug-likeness (QED) is 0.209. The lowest BCUT2D eigenvalue weighted by Gasteiger charge is -2.29. The number of benzene rings is 2. The lowest BCUT2D eigenvalue weighted by molar-refractivity contribution is -0.140. The van der Waals surface area contributed by atoms with Crippen LogP contribution in [0.4, 0.5) is 5.69 Å². The summed E-state index contributed by atoms with van der Waals surface area (Å²) >= 11 is 0. The van der Waals surface area contributed by atoms with Crippen molar-refractivity contribution in [3.63, 3.8) is 0 Å². The Bertz CT molecular complexity index is 979. The fourth-order valence-electron chi connectivity index (χ4n) is 3.40. The van der Waals surface area contributed by atoms with Crippen LogP contribution in [-0.4, -0.2) is 79.0 Å². The van der Waals surface area contributed by atoms with Gasteiger partial charge < -0.3 is 28.6 Å². The van der Waals surface area contributed by atoms with Crippen LogP contribution >= 0.6 is 0 Å². The highest BCUT2D eigenvalue weighted by molar-refractivity contribution is 5.98. The molecule has 1 fully saturated rings. The van der Waals surface area contributed by atoms with Crippen molar-refractivity contribution in [3.05, 3.63) is 47.5 Å². The molecule has 0 N–H and O–H groups in total. The second-order valence-corrected chi connectivity index (χ2v) is 7.41. The van der Waals surface area contributed by atoms with Crippen LogP contribution in [0.15, 0.2) is 42.0 Å². The fourth-order valence-corrected chi connectivity index (χ4v) is 3.40. The summed E-state index contributed by atoms with van der Waals surface area (Å²) in [5.41, 5.74) is 1.88. The van der Waals surface area contributed by atoms with Crippen LogP contribution in [0.5, 0.6) is 0 Å². The molecule has 8 nitrogen and oxygen atoms in total. The number of anilines is 1. The second kappa shape index (κ2) is 13.6. The highest BCUT2D eigenvalue weighted by Gasteiger charge is 2.13. The van der Waals surface area contributed by atoms with Gasteiger partial charge in [-0.1, -0.05) is 18.2 Å². The van der Waals surface area contributed by atoms with Gasteiger partial charge in [-0.3, -0.25) is 0 Å². The third-order valence-electron chi connectivity index (χ3n) is 5.14. The first-order chi connectivity index (χ1) is 16.2. The van der Waals surface area contributed by atoms with E-state index in [4.69, 9.17) is 23.7 Å². The minimum absolute atomic E-state index is 0.0535. The van der Waals surface area contributed by atoms with Crippen molar-refractivity contribution >= 4 is 28.5 Å². The maximum absolute atomic E-state index is 12.2. The molecule has 33 heavy (non-hydrogen) atoms. The number of methoxy groups -OCH3 is 1. The van der Waals surface area contributed by atoms with Gasteiger partial charge in [0.15, 0.2) is 0 Å². The first-order valence-corrected chi connectivity index (χ1v) is 11.0. The molecule has 0 bridgehead atoms. The lowest BCUT2D eigenvalue weighted by atomic mass is 10.0. The molecule has 8 heteroatoms. The highest BCUT2D eigenvalue weighted by atomic mass is 16.6. The number of carbonyl (C=O) groups excluding carboxylic acids is 1. The van der Waals surface area contributed by atoms with Crippen molar-refractivity contribution in [2.75, 3.05) is 78.0 Å². The number of morpholine rings is 1. The summed E-state index contributed by atoms with van der Waals surface area (Å²) in [5.74, 6) is -0.666. The van der Waals surface area contributed by atoms with E-state index in [1.54, 1.807) is 13.2 Å². The number of esters is 1. The monoisotopic (exact) mass is 454 g/mol. The Balaban J connectivity index is 1.51. The molecular weight excluding hydrogens is 424 g/mol. The zero-order valence-electron chi connectivity index (χ0n) is 19.0. The molecule has 176 valence electrons. The van der Waals surface area contributed by atoms with Crippen molar-refractivity contribution in [1.29, 1.82) is 5.26 Å². The van der Waals surface area contributed by atoms with E-state index in [0.717, 1.165) is 42.6 Å². The van der Waals surface area contributed by atoms with Crippen LogP contribution < -0.4 is 4.90 Å². The Morgan fingerprint density at radius 3 is 2.39 bits per heavy atom. The molecule has 0 aromatic heterocycles. The normalized spacial score (nSPS) is 14.3. The summed E-state index contributed by atoms with van der Waals surface area (Å²) in [6, 6.07) is 14.1. The van der Waals surface area contributed by atoms with Crippen molar-refractivity contribution in [1.82, 2.24) is 0 Å². The number of hydrogen-bond acceptors (Lipinski definition) is 8. The fraction of sp³-hybridized carbons (Fsp3) is 0.440. The van der Waals surface area contributed by atoms with Gasteiger partial charge in [0.1, 0.15) is 18.2 Å². The summed E-state index contributed by atoms with van der Waals surface area (Å²) < 4.78 is 26.1. The number of nitrogens with zero attached hydrogens (tertiary/aromatic N) is 2. The third-order valence-corrected chi connectivity index (χ3v) is 5.14. The Hall–Kier alpha value is -2.96. The molecule has 1 saturated heterocycles. The Morgan fingerprint density at radius 2 is 1.67 bits per heavy atom. The van der Waals surface area contributed by atoms with Crippen LogP contribution in [-0.2, 0) is 28.5 Å². The van der Waals surface area contributed by atoms with Crippen molar-refractivity contribution in [3.8, 4) is 6.07 Å². The molecule has 0 atom stereocenters. The minimum atomic E-state index is -0.666. The van der Waals surface area contributed by atoms with Gasteiger partial charge in [0.2, 0.25) is 0 Å². The molecular formula is C25H30N2O6. The molecule has 0 saturated carbocycles. The van der Waals surface area contributed by atoms with Crippen LogP contribution in [0.1, 0.15) is 5.56 Å². The molecule has 2 aromatic rings. The topological polar surface area (TPSA) is 90.2 Å². The molecule has 0 aliphatic carbocycles. The number of carbonyl (C=O) groups is 1. The molecule has 1 heterocycles. The molecule has 1 aliphatic heterocycles. The average Bonchev–Trinajstić information content (AvgIpc) is 2.86. The lowest BCUT2D eigenvalue weighted by Crippen LogP contribution is -2.36. The van der Waals surface area contributed by atoms with E-state index in [9.17, 15) is 10.1 Å². The predicted molar refractivity (Wildman–Crippen MR) is 125 cm³/mol. The van der Waals surface area contributed by atoms with Gasteiger partial charge in [0.05, 0.1) is 46.2 Å². The molecule has 0 radical (unpaired) electrons. The number of fused-ring (bicyclic) bond motifs is 1. The summed E-state index contributed by atoms with van der Waals surface area (Å²) in [6.07, 6.45) is 1.54. The van der Waals surface area contributed by atoms with Crippen LogP contribution in [0.2, 0.25) is 0 Å². The predicted octanol–water partition coefficient (Wildman–Crippen LogP) is 2.81. The number of hydrogen-bond donors (Lipinski definition) is 0. The smallest absolute Gasteiger partial charge is 0.348 e. The Morgan fingerprint density at radius 1 is 1.00 bits per heavy atom. The first-order valence-electron chi connectivity index (χ1n) is 11.0. The third kappa shape index (κ3) is 7.84. The molecule has 0 amide bonds. The van der Waals surface area contributed by atoms with Crippen molar-refractivity contribution < 1.29 is 28.5 Å². The van der Waals surface area contributed by atoms with E-state index in [1.807, 2.05) is 24.3 Å². The van der Waals surface area contributed by atoms with E-state index < -0.39 is 5.97 Å². The summed E-state index contributed by atoms with van der Waals surface area (Å²) in [6.45, 7) is 5.43. The molecule has 0 spiro atoms. The second-order valence-electron chi connectivity index (χ2n) is 7.41. The van der Waals surface area contributed by atoms with Crippen LogP contribution in [0.3, 0.4) is 0 Å². The minimum Gasteiger partial charge on any atom is -0.459 e. The SMILES string of the molecule is COCCOCCOCCOC(=O)/C(C#N)=C\c1ccc2cc(N3CCOCC3)ccc2c1. The molecule has 3 rings (SSSR count). The van der Waals surface area contributed by atoms with Gasteiger partial charge in [-0.25, -0.2) is 4.79 Å². The van der Waals surface area contributed by atoms with Crippen LogP contribution in [0, 0.1) is 11.3 Å². The van der Waals surface area contributed by atoms with E-state index in [-0.39, 0.29) is 18.8 Å². The van der Waals surface area contributed by atoms with Crippen molar-refractivity contribution in [2.24, 2.45) is 0 Å². The van der Waals surface area contributed by atoms with Gasteiger partial charge >= 0.3 is 5.97 Å². The first kappa shape index (κ1) is 24.7. The Labute approximate surface area is 194 Å². The molecule has 2 aromatic carbocycles. The molecule has 1 aliphatic rings. The summed E-state index contributed by atoms with van der Waals surface area (Å²) in [4.78, 5) is 14.6. The largest absolute Gasteiger partial charge is 0.459 e. The average molecular weight is 455 g/mol. The van der Waals surface area contributed by atoms with Crippen molar-refractivity contribution in [2.45, 2.75) is 0 Å². The summed E-state index contributed by atoms with van der Waals surface area (Å²) in [7, 11) is 1.61. The highest BCUT2D eigenvalue weighted by Crippen LogP contribution is 2.24. The standard InChI is InChI=1S/C25H30N2O6/c1-29-10-11-31-12-13-32-14-15-33-25(28)23(19-26)17-20-2-3-22-18-24(5-4-21(22)16-20)27-6-8-30-9-7-27/h2-5,16-18H,6-15H2,1H3/b23-17-. The van der Waals surface area contributed by atoms with E-state index in [2.05, 4.69) is 23.1 Å². The zero-order chi connectivity index (χ0) is 23.3. The van der Waals surface area contributed by atoms with Crippen LogP contribution in [0.25, 0.3) is 16.8 Å². The van der Waals surface area contributed by atoms with Gasteiger partial charge in [-0.15, -0.1) is 0 Å². The van der Waals surface area contributed by atoms with E-state index in [1.165, 1.54) is 5.69 Å².